The highest BCUT2D eigenvalue weighted by atomic mass is 19.1. The third kappa shape index (κ3) is 2.87. The SMILES string of the molecule is CC[C@@]1(O)C(=O)OCc2c1cc1n(c2=O)Cc2c-1nc1cc(F)c(C)c3c1c2[C@@](C)(NCCO)CC3. The molecule has 0 radical (unpaired) electrons. The molecular weight excluding hydrogens is 465 g/mol. The van der Waals surface area contributed by atoms with Crippen molar-refractivity contribution < 1.29 is 24.1 Å². The molecule has 0 unspecified atom stereocenters. The van der Waals surface area contributed by atoms with Crippen LogP contribution in [0, 0.1) is 12.7 Å². The average Bonchev–Trinajstić information content (AvgIpc) is 3.23. The number of aliphatic hydroxyl groups excluding tert-OH is 1. The maximum atomic E-state index is 14.9. The van der Waals surface area contributed by atoms with Gasteiger partial charge in [0.1, 0.15) is 12.4 Å². The van der Waals surface area contributed by atoms with Gasteiger partial charge < -0.3 is 24.8 Å². The third-order valence-electron chi connectivity index (χ3n) is 8.36. The third-order valence-corrected chi connectivity index (χ3v) is 8.36. The minimum Gasteiger partial charge on any atom is -0.458 e. The van der Waals surface area contributed by atoms with Crippen LogP contribution in [-0.4, -0.2) is 38.9 Å². The lowest BCUT2D eigenvalue weighted by Gasteiger charge is -2.38. The summed E-state index contributed by atoms with van der Waals surface area (Å²) in [5.74, 6) is -1.10. The quantitative estimate of drug-likeness (QED) is 0.374. The van der Waals surface area contributed by atoms with Crippen molar-refractivity contribution >= 4 is 16.9 Å². The van der Waals surface area contributed by atoms with Gasteiger partial charge in [-0.25, -0.2) is 14.2 Å². The number of pyridine rings is 2. The number of carbonyl (C=O) groups excluding carboxylic acids is 1. The van der Waals surface area contributed by atoms with E-state index in [1.807, 2.05) is 0 Å². The molecule has 3 aromatic rings. The number of halogens is 1. The highest BCUT2D eigenvalue weighted by Crippen LogP contribution is 2.47. The Labute approximate surface area is 206 Å². The Hall–Kier alpha value is -3.14. The summed E-state index contributed by atoms with van der Waals surface area (Å²) in [5.41, 5.74) is 2.60. The number of hydrogen-bond acceptors (Lipinski definition) is 7. The van der Waals surface area contributed by atoms with Crippen molar-refractivity contribution in [1.29, 1.82) is 0 Å². The molecule has 6 rings (SSSR count). The van der Waals surface area contributed by atoms with E-state index in [0.717, 1.165) is 22.1 Å². The molecule has 1 aromatic carbocycles. The van der Waals surface area contributed by atoms with Gasteiger partial charge in [0.25, 0.3) is 5.56 Å². The standard InChI is InChI=1S/C27H28FN3O5/c1-4-27(35)17-9-20-23-15(11-31(20)24(33)16(17)12-36-25(27)34)22-21-14(5-6-26(22,3)29-7-8-32)13(2)18(28)10-19(21)30-23/h9-10,29,32,35H,4-8,11-12H2,1-3H3/t26-,27-/m0/s1. The first-order valence-corrected chi connectivity index (χ1v) is 12.3. The van der Waals surface area contributed by atoms with Gasteiger partial charge in [-0.05, 0) is 55.9 Å². The fourth-order valence-corrected chi connectivity index (χ4v) is 6.32. The lowest BCUT2D eigenvalue weighted by atomic mass is 9.74. The average molecular weight is 494 g/mol. The maximum absolute atomic E-state index is 14.9. The number of fused-ring (bicyclic) bond motifs is 5. The summed E-state index contributed by atoms with van der Waals surface area (Å²) in [5, 5.41) is 25.0. The first-order chi connectivity index (χ1) is 17.1. The number of nitrogens with one attached hydrogen (secondary N) is 1. The van der Waals surface area contributed by atoms with E-state index in [4.69, 9.17) is 9.72 Å². The number of cyclic esters (lactones) is 1. The molecular formula is C27H28FN3O5. The van der Waals surface area contributed by atoms with E-state index in [-0.39, 0.29) is 48.7 Å². The number of aliphatic hydroxyl groups is 2. The van der Waals surface area contributed by atoms with Gasteiger partial charge in [-0.3, -0.25) is 4.79 Å². The van der Waals surface area contributed by atoms with Gasteiger partial charge in [0.2, 0.25) is 0 Å². The van der Waals surface area contributed by atoms with E-state index in [1.54, 1.807) is 24.5 Å². The molecule has 8 nitrogen and oxygen atoms in total. The zero-order valence-corrected chi connectivity index (χ0v) is 20.5. The van der Waals surface area contributed by atoms with E-state index in [1.165, 1.54) is 6.07 Å². The van der Waals surface area contributed by atoms with Crippen LogP contribution in [0.25, 0.3) is 22.3 Å². The summed E-state index contributed by atoms with van der Waals surface area (Å²) < 4.78 is 21.7. The topological polar surface area (TPSA) is 114 Å². The lowest BCUT2D eigenvalue weighted by Crippen LogP contribution is -2.44. The molecule has 2 atom stereocenters. The van der Waals surface area contributed by atoms with E-state index in [2.05, 4.69) is 12.2 Å². The van der Waals surface area contributed by atoms with Crippen LogP contribution < -0.4 is 10.9 Å². The predicted octanol–water partition coefficient (Wildman–Crippen LogP) is 2.27. The predicted molar refractivity (Wildman–Crippen MR) is 130 cm³/mol. The fraction of sp³-hybridized carbons (Fsp3) is 0.444. The summed E-state index contributed by atoms with van der Waals surface area (Å²) in [6, 6.07) is 3.11. The second kappa shape index (κ2) is 7.68. The molecule has 0 amide bonds. The Morgan fingerprint density at radius 1 is 1.25 bits per heavy atom. The van der Waals surface area contributed by atoms with Crippen LogP contribution in [0.3, 0.4) is 0 Å². The maximum Gasteiger partial charge on any atom is 0.343 e. The number of hydrogen-bond donors (Lipinski definition) is 3. The second-order valence-electron chi connectivity index (χ2n) is 10.3. The van der Waals surface area contributed by atoms with Crippen molar-refractivity contribution in [2.75, 3.05) is 13.2 Å². The molecule has 0 spiro atoms. The molecule has 2 aliphatic heterocycles. The molecule has 3 N–H and O–H groups in total. The van der Waals surface area contributed by atoms with Gasteiger partial charge in [0.15, 0.2) is 5.60 Å². The van der Waals surface area contributed by atoms with Crippen LogP contribution in [-0.2, 0) is 40.2 Å². The van der Waals surface area contributed by atoms with E-state index in [0.29, 0.717) is 41.9 Å². The Morgan fingerprint density at radius 2 is 2.03 bits per heavy atom. The number of ether oxygens (including phenoxy) is 1. The molecule has 0 bridgehead atoms. The molecule has 1 aliphatic carbocycles. The highest BCUT2D eigenvalue weighted by molar-refractivity contribution is 5.93. The number of carbonyl (C=O) groups is 1. The summed E-state index contributed by atoms with van der Waals surface area (Å²) in [4.78, 5) is 31.0. The van der Waals surface area contributed by atoms with Gasteiger partial charge in [-0.1, -0.05) is 6.92 Å². The summed E-state index contributed by atoms with van der Waals surface area (Å²) in [7, 11) is 0. The molecule has 36 heavy (non-hydrogen) atoms. The number of benzene rings is 1. The van der Waals surface area contributed by atoms with Gasteiger partial charge in [0, 0.05) is 34.7 Å². The van der Waals surface area contributed by atoms with Crippen molar-refractivity contribution in [3.63, 3.8) is 0 Å². The van der Waals surface area contributed by atoms with Gasteiger partial charge >= 0.3 is 5.97 Å². The van der Waals surface area contributed by atoms with Crippen molar-refractivity contribution in [1.82, 2.24) is 14.9 Å². The number of aromatic nitrogens is 2. The highest BCUT2D eigenvalue weighted by Gasteiger charge is 2.46. The van der Waals surface area contributed by atoms with Crippen LogP contribution >= 0.6 is 0 Å². The molecule has 3 aliphatic rings. The van der Waals surface area contributed by atoms with Crippen molar-refractivity contribution in [2.45, 2.75) is 64.3 Å². The lowest BCUT2D eigenvalue weighted by molar-refractivity contribution is -0.172. The molecule has 0 saturated heterocycles. The Morgan fingerprint density at radius 3 is 2.75 bits per heavy atom. The van der Waals surface area contributed by atoms with Crippen molar-refractivity contribution in [3.05, 3.63) is 61.7 Å². The molecule has 9 heteroatoms. The van der Waals surface area contributed by atoms with Crippen LogP contribution in [0.15, 0.2) is 16.9 Å². The molecule has 0 saturated carbocycles. The minimum atomic E-state index is -1.91. The largest absolute Gasteiger partial charge is 0.458 e. The zero-order chi connectivity index (χ0) is 25.6. The van der Waals surface area contributed by atoms with E-state index in [9.17, 15) is 24.2 Å². The van der Waals surface area contributed by atoms with Crippen LogP contribution in [0.2, 0.25) is 0 Å². The van der Waals surface area contributed by atoms with Crippen molar-refractivity contribution in [3.8, 4) is 11.4 Å². The molecule has 2 aromatic heterocycles. The Kier molecular flexibility index (Phi) is 4.96. The number of aryl methyl sites for hydroxylation is 1. The summed E-state index contributed by atoms with van der Waals surface area (Å²) >= 11 is 0. The van der Waals surface area contributed by atoms with Crippen LogP contribution in [0.4, 0.5) is 4.39 Å². The number of nitrogens with zero attached hydrogens (tertiary/aromatic N) is 2. The smallest absolute Gasteiger partial charge is 0.343 e. The fourth-order valence-electron chi connectivity index (χ4n) is 6.32. The van der Waals surface area contributed by atoms with E-state index < -0.39 is 17.1 Å². The normalized spacial score (nSPS) is 23.9. The van der Waals surface area contributed by atoms with Crippen molar-refractivity contribution in [2.24, 2.45) is 0 Å². The van der Waals surface area contributed by atoms with Gasteiger partial charge in [-0.15, -0.1) is 0 Å². The molecule has 4 heterocycles. The van der Waals surface area contributed by atoms with Crippen LogP contribution in [0.1, 0.15) is 60.1 Å². The molecule has 0 fully saturated rings. The van der Waals surface area contributed by atoms with Gasteiger partial charge in [0.05, 0.1) is 35.6 Å². The van der Waals surface area contributed by atoms with E-state index >= 15 is 0 Å². The Balaban J connectivity index is 1.69. The monoisotopic (exact) mass is 493 g/mol. The van der Waals surface area contributed by atoms with Crippen LogP contribution in [0.5, 0.6) is 0 Å². The minimum absolute atomic E-state index is 0.0304. The second-order valence-corrected chi connectivity index (χ2v) is 10.3. The van der Waals surface area contributed by atoms with Gasteiger partial charge in [-0.2, -0.15) is 0 Å². The first-order valence-electron chi connectivity index (χ1n) is 12.3. The zero-order valence-electron chi connectivity index (χ0n) is 20.5. The number of rotatable bonds is 4. The summed E-state index contributed by atoms with van der Waals surface area (Å²) in [6.45, 7) is 5.93. The first kappa shape index (κ1) is 23.3. The summed E-state index contributed by atoms with van der Waals surface area (Å²) in [6.07, 6.45) is 1.41. The molecule has 188 valence electrons. The number of esters is 1. The Bertz CT molecular complexity index is 1550.